The molecule has 6 heteroatoms. The number of carbonyl (C=O) groups excluding carboxylic acids is 2. The molecule has 6 nitrogen and oxygen atoms in total. The fourth-order valence-electron chi connectivity index (χ4n) is 4.54. The lowest BCUT2D eigenvalue weighted by Crippen LogP contribution is -2.45. The number of hydrogen-bond donors (Lipinski definition) is 3. The number of rotatable bonds is 8. The fraction of sp³-hybridized carbons (Fsp3) is 0.462. The molecule has 2 fully saturated rings. The molecule has 0 bridgehead atoms. The van der Waals surface area contributed by atoms with Crippen molar-refractivity contribution in [1.29, 1.82) is 0 Å². The highest BCUT2D eigenvalue weighted by molar-refractivity contribution is 5.96. The molecule has 4 N–H and O–H groups in total. The van der Waals surface area contributed by atoms with Gasteiger partial charge in [-0.1, -0.05) is 74.6 Å². The first-order valence-corrected chi connectivity index (χ1v) is 11.7. The zero-order valence-electron chi connectivity index (χ0n) is 18.5. The van der Waals surface area contributed by atoms with Crippen LogP contribution in [0.1, 0.15) is 62.0 Å². The molecule has 2 amide bonds. The average Bonchev–Trinajstić information content (AvgIpc) is 3.55. The maximum atomic E-state index is 13.1. The van der Waals surface area contributed by atoms with E-state index in [1.54, 1.807) is 0 Å². The Balaban J connectivity index is 1.36. The molecule has 2 saturated carbocycles. The lowest BCUT2D eigenvalue weighted by molar-refractivity contribution is -0.118. The van der Waals surface area contributed by atoms with E-state index in [1.165, 1.54) is 24.8 Å². The summed E-state index contributed by atoms with van der Waals surface area (Å²) in [5.74, 6) is 0.663. The molecule has 170 valence electrons. The van der Waals surface area contributed by atoms with Crippen LogP contribution in [-0.4, -0.2) is 24.1 Å². The van der Waals surface area contributed by atoms with Gasteiger partial charge < -0.3 is 21.1 Å². The van der Waals surface area contributed by atoms with Gasteiger partial charge in [0.1, 0.15) is 12.6 Å². The zero-order valence-corrected chi connectivity index (χ0v) is 18.5. The number of nitrogens with two attached hydrogens (primary N) is 1. The Morgan fingerprint density at radius 1 is 1.00 bits per heavy atom. The molecule has 0 spiro atoms. The van der Waals surface area contributed by atoms with Gasteiger partial charge in [0.15, 0.2) is 0 Å². The molecule has 0 aliphatic heterocycles. The third kappa shape index (κ3) is 6.33. The standard InChI is InChI=1S/C26H33N3O3/c27-23-16-22(23)20-11-13-21(14-12-20)28-25(30)24(15-18-7-3-1-4-8-18)29-26(31)32-17-19-9-5-2-6-10-19/h2,5-6,9-14,18,22-24H,1,3-4,7-8,15-17,27H2,(H,28,30)(H,29,31)/t22-,23+,24?/m0/s1. The van der Waals surface area contributed by atoms with Gasteiger partial charge in [-0.15, -0.1) is 0 Å². The van der Waals surface area contributed by atoms with E-state index in [2.05, 4.69) is 10.6 Å². The number of carbonyl (C=O) groups is 2. The summed E-state index contributed by atoms with van der Waals surface area (Å²) in [6, 6.07) is 17.0. The molecule has 0 radical (unpaired) electrons. The van der Waals surface area contributed by atoms with E-state index in [0.29, 0.717) is 18.3 Å². The second-order valence-corrected chi connectivity index (χ2v) is 9.12. The van der Waals surface area contributed by atoms with E-state index < -0.39 is 12.1 Å². The Morgan fingerprint density at radius 3 is 2.34 bits per heavy atom. The van der Waals surface area contributed by atoms with Gasteiger partial charge in [0.05, 0.1) is 0 Å². The molecule has 3 atom stereocenters. The number of alkyl carbamates (subject to hydrolysis) is 1. The van der Waals surface area contributed by atoms with Crippen LogP contribution in [0.5, 0.6) is 0 Å². The van der Waals surface area contributed by atoms with Crippen molar-refractivity contribution in [3.05, 3.63) is 65.7 Å². The summed E-state index contributed by atoms with van der Waals surface area (Å²) in [6.45, 7) is 0.176. The molecule has 32 heavy (non-hydrogen) atoms. The normalized spacial score (nSPS) is 21.4. The molecule has 2 aromatic carbocycles. The Hall–Kier alpha value is -2.86. The molecule has 0 heterocycles. The highest BCUT2D eigenvalue weighted by Gasteiger charge is 2.34. The van der Waals surface area contributed by atoms with Crippen molar-refractivity contribution >= 4 is 17.7 Å². The number of hydrogen-bond acceptors (Lipinski definition) is 4. The highest BCUT2D eigenvalue weighted by Crippen LogP contribution is 2.39. The molecule has 0 aromatic heterocycles. The summed E-state index contributed by atoms with van der Waals surface area (Å²) < 4.78 is 5.37. The van der Waals surface area contributed by atoms with Gasteiger partial charge in [0, 0.05) is 17.6 Å². The topological polar surface area (TPSA) is 93.5 Å². The molecule has 0 saturated heterocycles. The summed E-state index contributed by atoms with van der Waals surface area (Å²) in [4.78, 5) is 25.5. The van der Waals surface area contributed by atoms with Gasteiger partial charge in [0.25, 0.3) is 0 Å². The summed E-state index contributed by atoms with van der Waals surface area (Å²) >= 11 is 0. The fourth-order valence-corrected chi connectivity index (χ4v) is 4.54. The van der Waals surface area contributed by atoms with Crippen molar-refractivity contribution in [3.63, 3.8) is 0 Å². The largest absolute Gasteiger partial charge is 0.445 e. The Morgan fingerprint density at radius 2 is 1.69 bits per heavy atom. The maximum Gasteiger partial charge on any atom is 0.408 e. The smallest absolute Gasteiger partial charge is 0.408 e. The monoisotopic (exact) mass is 435 g/mol. The second kappa shape index (κ2) is 10.6. The SMILES string of the molecule is N[C@@H]1C[C@H]1c1ccc(NC(=O)C(CC2CCCCC2)NC(=O)OCc2ccccc2)cc1. The van der Waals surface area contributed by atoms with Crippen LogP contribution in [-0.2, 0) is 16.1 Å². The van der Waals surface area contributed by atoms with Crippen LogP contribution in [0.15, 0.2) is 54.6 Å². The first kappa shape index (κ1) is 22.3. The van der Waals surface area contributed by atoms with E-state index in [9.17, 15) is 9.59 Å². The van der Waals surface area contributed by atoms with Crippen LogP contribution in [0.2, 0.25) is 0 Å². The zero-order chi connectivity index (χ0) is 22.3. The molecule has 2 aliphatic rings. The van der Waals surface area contributed by atoms with Crippen LogP contribution < -0.4 is 16.4 Å². The Labute approximate surface area is 189 Å². The number of amides is 2. The minimum absolute atomic E-state index is 0.176. The van der Waals surface area contributed by atoms with Crippen LogP contribution in [0, 0.1) is 5.92 Å². The minimum atomic E-state index is -0.627. The van der Waals surface area contributed by atoms with E-state index in [4.69, 9.17) is 10.5 Å². The number of anilines is 1. The second-order valence-electron chi connectivity index (χ2n) is 9.12. The van der Waals surface area contributed by atoms with Gasteiger partial charge in [-0.3, -0.25) is 4.79 Å². The molecule has 4 rings (SSSR count). The minimum Gasteiger partial charge on any atom is -0.445 e. The van der Waals surface area contributed by atoms with Gasteiger partial charge in [-0.2, -0.15) is 0 Å². The van der Waals surface area contributed by atoms with Crippen LogP contribution in [0.4, 0.5) is 10.5 Å². The Bertz CT molecular complexity index is 894. The predicted molar refractivity (Wildman–Crippen MR) is 125 cm³/mol. The van der Waals surface area contributed by atoms with Gasteiger partial charge in [0.2, 0.25) is 5.91 Å². The van der Waals surface area contributed by atoms with E-state index in [-0.39, 0.29) is 18.6 Å². The van der Waals surface area contributed by atoms with E-state index in [0.717, 1.165) is 30.5 Å². The first-order valence-electron chi connectivity index (χ1n) is 11.7. The first-order chi connectivity index (χ1) is 15.6. The molecule has 1 unspecified atom stereocenters. The van der Waals surface area contributed by atoms with Crippen LogP contribution >= 0.6 is 0 Å². The van der Waals surface area contributed by atoms with E-state index in [1.807, 2.05) is 54.6 Å². The van der Waals surface area contributed by atoms with Gasteiger partial charge in [-0.25, -0.2) is 4.79 Å². The van der Waals surface area contributed by atoms with Crippen molar-refractivity contribution in [2.75, 3.05) is 5.32 Å². The Kier molecular flexibility index (Phi) is 7.43. The van der Waals surface area contributed by atoms with Crippen molar-refractivity contribution in [3.8, 4) is 0 Å². The van der Waals surface area contributed by atoms with Crippen molar-refractivity contribution in [2.24, 2.45) is 11.7 Å². The van der Waals surface area contributed by atoms with Crippen LogP contribution in [0.3, 0.4) is 0 Å². The van der Waals surface area contributed by atoms with Crippen molar-refractivity contribution in [1.82, 2.24) is 5.32 Å². The molecule has 2 aromatic rings. The van der Waals surface area contributed by atoms with Crippen molar-refractivity contribution < 1.29 is 14.3 Å². The quantitative estimate of drug-likeness (QED) is 0.560. The number of ether oxygens (including phenoxy) is 1. The molecule has 2 aliphatic carbocycles. The van der Waals surface area contributed by atoms with Crippen LogP contribution in [0.25, 0.3) is 0 Å². The lowest BCUT2D eigenvalue weighted by atomic mass is 9.84. The molecular formula is C26H33N3O3. The molecular weight excluding hydrogens is 402 g/mol. The lowest BCUT2D eigenvalue weighted by Gasteiger charge is -2.26. The summed E-state index contributed by atoms with van der Waals surface area (Å²) in [6.07, 6.45) is 6.89. The average molecular weight is 436 g/mol. The predicted octanol–water partition coefficient (Wildman–Crippen LogP) is 4.71. The van der Waals surface area contributed by atoms with E-state index >= 15 is 0 Å². The van der Waals surface area contributed by atoms with Gasteiger partial charge >= 0.3 is 6.09 Å². The maximum absolute atomic E-state index is 13.1. The third-order valence-electron chi connectivity index (χ3n) is 6.56. The summed E-state index contributed by atoms with van der Waals surface area (Å²) in [5.41, 5.74) is 8.77. The summed E-state index contributed by atoms with van der Waals surface area (Å²) in [5, 5.41) is 5.78. The number of benzene rings is 2. The highest BCUT2D eigenvalue weighted by atomic mass is 16.5. The summed E-state index contributed by atoms with van der Waals surface area (Å²) in [7, 11) is 0. The third-order valence-corrected chi connectivity index (χ3v) is 6.56. The number of nitrogens with one attached hydrogen (secondary N) is 2. The van der Waals surface area contributed by atoms with Crippen molar-refractivity contribution in [2.45, 2.75) is 69.6 Å². The van der Waals surface area contributed by atoms with Gasteiger partial charge in [-0.05, 0) is 42.0 Å².